The Bertz CT molecular complexity index is 610. The first-order valence-electron chi connectivity index (χ1n) is 6.96. The fourth-order valence-corrected chi connectivity index (χ4v) is 3.96. The predicted octanol–water partition coefficient (Wildman–Crippen LogP) is 1.86. The van der Waals surface area contributed by atoms with Gasteiger partial charge in [-0.1, -0.05) is 0 Å². The van der Waals surface area contributed by atoms with E-state index in [4.69, 9.17) is 5.11 Å². The van der Waals surface area contributed by atoms with Crippen LogP contribution in [0.25, 0.3) is 0 Å². The first-order valence-corrected chi connectivity index (χ1v) is 7.84. The molecule has 1 saturated heterocycles. The molecule has 6 nitrogen and oxygen atoms in total. The second kappa shape index (κ2) is 5.95. The zero-order valence-electron chi connectivity index (χ0n) is 11.8. The minimum Gasteiger partial charge on any atom is -0.481 e. The lowest BCUT2D eigenvalue weighted by molar-refractivity contribution is -0.138. The van der Waals surface area contributed by atoms with Crippen molar-refractivity contribution in [2.24, 2.45) is 5.92 Å². The molecule has 3 rings (SSSR count). The van der Waals surface area contributed by atoms with Crippen LogP contribution in [-0.2, 0) is 11.3 Å². The Morgan fingerprint density at radius 1 is 1.57 bits per heavy atom. The van der Waals surface area contributed by atoms with Crippen LogP contribution in [0, 0.1) is 12.8 Å². The van der Waals surface area contributed by atoms with Crippen molar-refractivity contribution >= 4 is 17.3 Å². The van der Waals surface area contributed by atoms with Crippen molar-refractivity contribution in [1.29, 1.82) is 0 Å². The molecule has 2 N–H and O–H groups in total. The molecule has 1 aliphatic rings. The third-order valence-corrected chi connectivity index (χ3v) is 5.11. The summed E-state index contributed by atoms with van der Waals surface area (Å²) >= 11 is 1.76. The van der Waals surface area contributed by atoms with Crippen molar-refractivity contribution < 1.29 is 9.90 Å². The van der Waals surface area contributed by atoms with Crippen LogP contribution in [0.15, 0.2) is 17.6 Å². The SMILES string of the molecule is Cc1ccsc1CN1C[C@@H](CC(=O)O)[C@@H](c2cn[nH]n2)C1. The molecule has 1 aliphatic heterocycles. The van der Waals surface area contributed by atoms with Gasteiger partial charge < -0.3 is 5.11 Å². The van der Waals surface area contributed by atoms with Gasteiger partial charge in [-0.2, -0.15) is 15.4 Å². The van der Waals surface area contributed by atoms with Gasteiger partial charge >= 0.3 is 5.97 Å². The molecule has 0 spiro atoms. The highest BCUT2D eigenvalue weighted by Gasteiger charge is 2.36. The summed E-state index contributed by atoms with van der Waals surface area (Å²) in [6, 6.07) is 2.12. The van der Waals surface area contributed by atoms with Gasteiger partial charge in [-0.15, -0.1) is 11.3 Å². The van der Waals surface area contributed by atoms with Gasteiger partial charge in [0.15, 0.2) is 0 Å². The molecule has 2 atom stereocenters. The number of hydrogen-bond donors (Lipinski definition) is 2. The maximum atomic E-state index is 11.1. The summed E-state index contributed by atoms with van der Waals surface area (Å²) in [4.78, 5) is 14.8. The molecule has 2 aromatic rings. The molecule has 0 bridgehead atoms. The number of aromatic amines is 1. The summed E-state index contributed by atoms with van der Waals surface area (Å²) in [5, 5.41) is 21.9. The average molecular weight is 306 g/mol. The fourth-order valence-electron chi connectivity index (χ4n) is 3.01. The van der Waals surface area contributed by atoms with Gasteiger partial charge in [-0.3, -0.25) is 9.69 Å². The van der Waals surface area contributed by atoms with Crippen LogP contribution in [0.1, 0.15) is 28.5 Å². The highest BCUT2D eigenvalue weighted by atomic mass is 32.1. The number of carbonyl (C=O) groups is 1. The highest BCUT2D eigenvalue weighted by molar-refractivity contribution is 7.10. The van der Waals surface area contributed by atoms with Crippen LogP contribution in [0.2, 0.25) is 0 Å². The second-order valence-electron chi connectivity index (χ2n) is 5.58. The summed E-state index contributed by atoms with van der Waals surface area (Å²) < 4.78 is 0. The topological polar surface area (TPSA) is 82.1 Å². The number of aryl methyl sites for hydroxylation is 1. The van der Waals surface area contributed by atoms with E-state index >= 15 is 0 Å². The molecule has 0 amide bonds. The van der Waals surface area contributed by atoms with Gasteiger partial charge in [0.1, 0.15) is 0 Å². The lowest BCUT2D eigenvalue weighted by Crippen LogP contribution is -2.20. The van der Waals surface area contributed by atoms with Crippen molar-refractivity contribution in [1.82, 2.24) is 20.3 Å². The molecule has 21 heavy (non-hydrogen) atoms. The third-order valence-electron chi connectivity index (χ3n) is 4.10. The fraction of sp³-hybridized carbons (Fsp3) is 0.500. The standard InChI is InChI=1S/C14H18N4O2S/c1-9-2-3-21-13(9)8-18-6-10(4-14(19)20)11(7-18)12-5-15-17-16-12/h2-3,5,10-11H,4,6-8H2,1H3,(H,19,20)(H,15,16,17)/t10-,11+/m1/s1. The van der Waals surface area contributed by atoms with Gasteiger partial charge in [0, 0.05) is 30.4 Å². The zero-order valence-corrected chi connectivity index (χ0v) is 12.6. The van der Waals surface area contributed by atoms with Crippen LogP contribution in [0.4, 0.5) is 0 Å². The largest absolute Gasteiger partial charge is 0.481 e. The van der Waals surface area contributed by atoms with E-state index in [1.165, 1.54) is 10.4 Å². The first-order chi connectivity index (χ1) is 10.1. The summed E-state index contributed by atoms with van der Waals surface area (Å²) in [6.45, 7) is 4.63. The lowest BCUT2D eigenvalue weighted by atomic mass is 9.91. The molecule has 7 heteroatoms. The molecule has 0 aliphatic carbocycles. The van der Waals surface area contributed by atoms with Crippen LogP contribution < -0.4 is 0 Å². The molecule has 0 aromatic carbocycles. The van der Waals surface area contributed by atoms with E-state index in [0.29, 0.717) is 0 Å². The number of likely N-dealkylation sites (tertiary alicyclic amines) is 1. The minimum absolute atomic E-state index is 0.0906. The van der Waals surface area contributed by atoms with Crippen molar-refractivity contribution in [3.8, 4) is 0 Å². The monoisotopic (exact) mass is 306 g/mol. The summed E-state index contributed by atoms with van der Waals surface area (Å²) in [7, 11) is 0. The number of thiophene rings is 1. The maximum Gasteiger partial charge on any atom is 0.303 e. The van der Waals surface area contributed by atoms with E-state index in [9.17, 15) is 4.79 Å². The van der Waals surface area contributed by atoms with Gasteiger partial charge in [-0.25, -0.2) is 0 Å². The summed E-state index contributed by atoms with van der Waals surface area (Å²) in [5.41, 5.74) is 2.17. The van der Waals surface area contributed by atoms with Crippen molar-refractivity contribution in [3.05, 3.63) is 33.8 Å². The van der Waals surface area contributed by atoms with Gasteiger partial charge in [-0.05, 0) is 29.9 Å². The van der Waals surface area contributed by atoms with E-state index < -0.39 is 5.97 Å². The Kier molecular flexibility index (Phi) is 4.03. The zero-order chi connectivity index (χ0) is 14.8. The Hall–Kier alpha value is -1.73. The maximum absolute atomic E-state index is 11.1. The van der Waals surface area contributed by atoms with Crippen molar-refractivity contribution in [3.63, 3.8) is 0 Å². The molecular formula is C14H18N4O2S. The summed E-state index contributed by atoms with van der Waals surface area (Å²) in [6.07, 6.45) is 1.89. The van der Waals surface area contributed by atoms with E-state index in [1.54, 1.807) is 17.5 Å². The molecule has 0 radical (unpaired) electrons. The molecule has 1 fully saturated rings. The highest BCUT2D eigenvalue weighted by Crippen LogP contribution is 2.35. The Morgan fingerprint density at radius 2 is 2.43 bits per heavy atom. The van der Waals surface area contributed by atoms with E-state index in [0.717, 1.165) is 25.3 Å². The molecule has 0 saturated carbocycles. The number of carboxylic acids is 1. The average Bonchev–Trinajstić information content (AvgIpc) is 3.12. The molecule has 0 unspecified atom stereocenters. The Balaban J connectivity index is 1.74. The number of H-pyrrole nitrogens is 1. The molecule has 2 aromatic heterocycles. The number of nitrogens with one attached hydrogen (secondary N) is 1. The minimum atomic E-state index is -0.748. The molecule has 3 heterocycles. The molecular weight excluding hydrogens is 288 g/mol. The van der Waals surface area contributed by atoms with E-state index in [1.807, 2.05) is 0 Å². The van der Waals surface area contributed by atoms with Crippen molar-refractivity contribution in [2.75, 3.05) is 13.1 Å². The van der Waals surface area contributed by atoms with Gasteiger partial charge in [0.05, 0.1) is 18.3 Å². The first kappa shape index (κ1) is 14.2. The lowest BCUT2D eigenvalue weighted by Gasteiger charge is -2.14. The van der Waals surface area contributed by atoms with Gasteiger partial charge in [0.25, 0.3) is 0 Å². The quantitative estimate of drug-likeness (QED) is 0.881. The van der Waals surface area contributed by atoms with Crippen LogP contribution in [0.5, 0.6) is 0 Å². The van der Waals surface area contributed by atoms with Gasteiger partial charge in [0.2, 0.25) is 0 Å². The second-order valence-corrected chi connectivity index (χ2v) is 6.58. The number of hydrogen-bond acceptors (Lipinski definition) is 5. The number of rotatable bonds is 5. The number of aromatic nitrogens is 3. The number of nitrogens with zero attached hydrogens (tertiary/aromatic N) is 3. The van der Waals surface area contributed by atoms with E-state index in [2.05, 4.69) is 38.7 Å². The predicted molar refractivity (Wildman–Crippen MR) is 79.2 cm³/mol. The molecule has 112 valence electrons. The number of aliphatic carboxylic acids is 1. The van der Waals surface area contributed by atoms with Crippen LogP contribution in [-0.4, -0.2) is 44.5 Å². The smallest absolute Gasteiger partial charge is 0.303 e. The van der Waals surface area contributed by atoms with Crippen molar-refractivity contribution in [2.45, 2.75) is 25.8 Å². The normalized spacial score (nSPS) is 22.7. The Labute approximate surface area is 126 Å². The Morgan fingerprint density at radius 3 is 3.05 bits per heavy atom. The van der Waals surface area contributed by atoms with Crippen LogP contribution in [0.3, 0.4) is 0 Å². The number of carboxylic acid groups (broad SMARTS) is 1. The van der Waals surface area contributed by atoms with Crippen LogP contribution >= 0.6 is 11.3 Å². The third kappa shape index (κ3) is 3.14. The van der Waals surface area contributed by atoms with E-state index in [-0.39, 0.29) is 18.3 Å². The summed E-state index contributed by atoms with van der Waals surface area (Å²) in [5.74, 6) is -0.518.